The summed E-state index contributed by atoms with van der Waals surface area (Å²) in [5.74, 6) is 0.167. The number of hydrogen-bond acceptors (Lipinski definition) is 3. The third kappa shape index (κ3) is 6.16. The predicted octanol–water partition coefficient (Wildman–Crippen LogP) is 1.68. The minimum absolute atomic E-state index is 0.167. The van der Waals surface area contributed by atoms with Crippen molar-refractivity contribution < 1.29 is 4.79 Å². The van der Waals surface area contributed by atoms with Crippen molar-refractivity contribution in [3.8, 4) is 0 Å². The quantitative estimate of drug-likeness (QED) is 0.779. The average molecular weight is 303 g/mol. The fourth-order valence-electron chi connectivity index (χ4n) is 2.82. The van der Waals surface area contributed by atoms with Gasteiger partial charge in [-0.15, -0.1) is 0 Å². The van der Waals surface area contributed by atoms with Crippen molar-refractivity contribution in [3.05, 3.63) is 35.4 Å². The van der Waals surface area contributed by atoms with E-state index in [2.05, 4.69) is 53.4 Å². The van der Waals surface area contributed by atoms with E-state index in [0.717, 1.165) is 52.1 Å². The molecular formula is C18H29N3O. The molecule has 1 aromatic rings. The van der Waals surface area contributed by atoms with Crippen LogP contribution in [0.25, 0.3) is 0 Å². The lowest BCUT2D eigenvalue weighted by atomic mass is 10.1. The summed E-state index contributed by atoms with van der Waals surface area (Å²) in [6, 6.07) is 8.38. The number of carbonyl (C=O) groups is 1. The van der Waals surface area contributed by atoms with Crippen molar-refractivity contribution in [3.63, 3.8) is 0 Å². The zero-order chi connectivity index (χ0) is 15.8. The minimum atomic E-state index is 0.167. The fraction of sp³-hybridized carbons (Fsp3) is 0.611. The molecule has 22 heavy (non-hydrogen) atoms. The molecule has 0 saturated carbocycles. The molecule has 4 nitrogen and oxygen atoms in total. The predicted molar refractivity (Wildman–Crippen MR) is 91.1 cm³/mol. The van der Waals surface area contributed by atoms with E-state index in [9.17, 15) is 4.79 Å². The summed E-state index contributed by atoms with van der Waals surface area (Å²) in [5, 5.41) is 3.04. The van der Waals surface area contributed by atoms with E-state index in [0.29, 0.717) is 6.42 Å². The molecule has 1 amide bonds. The highest BCUT2D eigenvalue weighted by Crippen LogP contribution is 2.06. The van der Waals surface area contributed by atoms with Crippen LogP contribution in [0.15, 0.2) is 24.3 Å². The van der Waals surface area contributed by atoms with E-state index in [-0.39, 0.29) is 5.91 Å². The smallest absolute Gasteiger partial charge is 0.220 e. The molecule has 1 aromatic carbocycles. The molecule has 0 aliphatic carbocycles. The maximum atomic E-state index is 11.9. The molecular weight excluding hydrogens is 274 g/mol. The summed E-state index contributed by atoms with van der Waals surface area (Å²) in [6.45, 7) is 8.58. The van der Waals surface area contributed by atoms with Gasteiger partial charge >= 0.3 is 0 Å². The van der Waals surface area contributed by atoms with Gasteiger partial charge in [0.1, 0.15) is 0 Å². The van der Waals surface area contributed by atoms with Gasteiger partial charge in [0.2, 0.25) is 5.91 Å². The van der Waals surface area contributed by atoms with Crippen LogP contribution in [0.5, 0.6) is 0 Å². The minimum Gasteiger partial charge on any atom is -0.356 e. The van der Waals surface area contributed by atoms with Gasteiger partial charge in [0.15, 0.2) is 0 Å². The molecule has 0 aromatic heterocycles. The Bertz CT molecular complexity index is 467. The Balaban J connectivity index is 1.54. The van der Waals surface area contributed by atoms with Gasteiger partial charge in [-0.1, -0.05) is 29.8 Å². The number of aryl methyl sites for hydroxylation is 2. The molecule has 0 atom stereocenters. The van der Waals surface area contributed by atoms with Crippen molar-refractivity contribution in [2.75, 3.05) is 46.3 Å². The second-order valence-electron chi connectivity index (χ2n) is 6.34. The molecule has 4 heteroatoms. The van der Waals surface area contributed by atoms with Crippen LogP contribution in [0.4, 0.5) is 0 Å². The van der Waals surface area contributed by atoms with Crippen molar-refractivity contribution in [2.24, 2.45) is 0 Å². The number of amides is 1. The summed E-state index contributed by atoms with van der Waals surface area (Å²) in [6.07, 6.45) is 2.45. The topological polar surface area (TPSA) is 35.6 Å². The lowest BCUT2D eigenvalue weighted by Crippen LogP contribution is -2.45. The van der Waals surface area contributed by atoms with Gasteiger partial charge < -0.3 is 15.1 Å². The second kappa shape index (κ2) is 8.91. The molecule has 0 spiro atoms. The van der Waals surface area contributed by atoms with Crippen LogP contribution in [0.1, 0.15) is 24.0 Å². The van der Waals surface area contributed by atoms with Crippen LogP contribution in [0.3, 0.4) is 0 Å². The Labute approximate surface area is 134 Å². The fourth-order valence-corrected chi connectivity index (χ4v) is 2.82. The van der Waals surface area contributed by atoms with Gasteiger partial charge in [-0.3, -0.25) is 4.79 Å². The van der Waals surface area contributed by atoms with Crippen molar-refractivity contribution in [2.45, 2.75) is 26.2 Å². The monoisotopic (exact) mass is 303 g/mol. The summed E-state index contributed by atoms with van der Waals surface area (Å²) in [5.41, 5.74) is 2.50. The molecule has 1 N–H and O–H groups in total. The third-order valence-corrected chi connectivity index (χ3v) is 4.29. The van der Waals surface area contributed by atoms with Gasteiger partial charge in [0.25, 0.3) is 0 Å². The number of nitrogens with one attached hydrogen (secondary N) is 1. The number of hydrogen-bond donors (Lipinski definition) is 1. The summed E-state index contributed by atoms with van der Waals surface area (Å²) >= 11 is 0. The molecule has 1 fully saturated rings. The molecule has 1 heterocycles. The molecule has 0 radical (unpaired) electrons. The van der Waals surface area contributed by atoms with E-state index in [1.54, 1.807) is 0 Å². The van der Waals surface area contributed by atoms with Gasteiger partial charge in [-0.25, -0.2) is 0 Å². The van der Waals surface area contributed by atoms with Crippen LogP contribution in [0.2, 0.25) is 0 Å². The molecule has 0 bridgehead atoms. The first-order chi connectivity index (χ1) is 10.6. The van der Waals surface area contributed by atoms with Crippen molar-refractivity contribution in [1.82, 2.24) is 15.1 Å². The third-order valence-electron chi connectivity index (χ3n) is 4.29. The summed E-state index contributed by atoms with van der Waals surface area (Å²) < 4.78 is 0. The number of likely N-dealkylation sites (N-methyl/N-ethyl adjacent to an activating group) is 1. The van der Waals surface area contributed by atoms with E-state index in [1.807, 2.05) is 0 Å². The summed E-state index contributed by atoms with van der Waals surface area (Å²) in [7, 11) is 2.17. The maximum absolute atomic E-state index is 11.9. The Hall–Kier alpha value is -1.39. The van der Waals surface area contributed by atoms with Crippen LogP contribution in [-0.2, 0) is 11.2 Å². The van der Waals surface area contributed by atoms with E-state index in [1.165, 1.54) is 11.1 Å². The second-order valence-corrected chi connectivity index (χ2v) is 6.34. The Morgan fingerprint density at radius 3 is 2.73 bits per heavy atom. The SMILES string of the molecule is Cc1cccc(CCC(=O)NCCCN2CCN(C)CC2)c1. The molecule has 1 saturated heterocycles. The molecule has 1 aliphatic heterocycles. The van der Waals surface area contributed by atoms with Gasteiger partial charge in [0, 0.05) is 39.1 Å². The molecule has 0 unspecified atom stereocenters. The van der Waals surface area contributed by atoms with Gasteiger partial charge in [-0.2, -0.15) is 0 Å². The number of piperazine rings is 1. The normalized spacial score (nSPS) is 16.6. The largest absolute Gasteiger partial charge is 0.356 e. The first kappa shape index (κ1) is 17.0. The zero-order valence-electron chi connectivity index (χ0n) is 14.0. The van der Waals surface area contributed by atoms with Crippen molar-refractivity contribution in [1.29, 1.82) is 0 Å². The van der Waals surface area contributed by atoms with Crippen LogP contribution in [0, 0.1) is 6.92 Å². The lowest BCUT2D eigenvalue weighted by molar-refractivity contribution is -0.121. The summed E-state index contributed by atoms with van der Waals surface area (Å²) in [4.78, 5) is 16.7. The highest BCUT2D eigenvalue weighted by molar-refractivity contribution is 5.76. The Morgan fingerprint density at radius 1 is 1.23 bits per heavy atom. The standard InChI is InChI=1S/C18H29N3O/c1-16-5-3-6-17(15-16)7-8-18(22)19-9-4-10-21-13-11-20(2)12-14-21/h3,5-6,15H,4,7-14H2,1-2H3,(H,19,22). The van der Waals surface area contributed by atoms with E-state index < -0.39 is 0 Å². The highest BCUT2D eigenvalue weighted by Gasteiger charge is 2.12. The Kier molecular flexibility index (Phi) is 6.87. The first-order valence-corrected chi connectivity index (χ1v) is 8.36. The van der Waals surface area contributed by atoms with Gasteiger partial charge in [-0.05, 0) is 38.9 Å². The number of benzene rings is 1. The maximum Gasteiger partial charge on any atom is 0.220 e. The van der Waals surface area contributed by atoms with Gasteiger partial charge in [0.05, 0.1) is 0 Å². The number of carbonyl (C=O) groups excluding carboxylic acids is 1. The number of nitrogens with zero attached hydrogens (tertiary/aromatic N) is 2. The number of rotatable bonds is 7. The molecule has 122 valence electrons. The molecule has 2 rings (SSSR count). The zero-order valence-corrected chi connectivity index (χ0v) is 14.0. The van der Waals surface area contributed by atoms with E-state index >= 15 is 0 Å². The Morgan fingerprint density at radius 2 is 2.00 bits per heavy atom. The van der Waals surface area contributed by atoms with Crippen LogP contribution < -0.4 is 5.32 Å². The highest BCUT2D eigenvalue weighted by atomic mass is 16.1. The first-order valence-electron chi connectivity index (χ1n) is 8.36. The average Bonchev–Trinajstić information content (AvgIpc) is 2.51. The molecule has 1 aliphatic rings. The van der Waals surface area contributed by atoms with Crippen LogP contribution >= 0.6 is 0 Å². The van der Waals surface area contributed by atoms with Crippen LogP contribution in [-0.4, -0.2) is 62.0 Å². The lowest BCUT2D eigenvalue weighted by Gasteiger charge is -2.32. The van der Waals surface area contributed by atoms with E-state index in [4.69, 9.17) is 0 Å². The van der Waals surface area contributed by atoms with Crippen molar-refractivity contribution >= 4 is 5.91 Å².